The van der Waals surface area contributed by atoms with E-state index in [2.05, 4.69) is 29.3 Å². The van der Waals surface area contributed by atoms with Gasteiger partial charge in [-0.15, -0.1) is 0 Å². The lowest BCUT2D eigenvalue weighted by molar-refractivity contribution is 0.443. The van der Waals surface area contributed by atoms with Crippen molar-refractivity contribution in [1.82, 2.24) is 0 Å². The molecule has 1 aromatic rings. The van der Waals surface area contributed by atoms with E-state index < -0.39 is 0 Å². The maximum atomic E-state index is 5.48. The van der Waals surface area contributed by atoms with Crippen LogP contribution in [0.4, 0.5) is 0 Å². The SMILES string of the molecule is CC(N)=N/C=C/c1ccc(C2CCCCC2)cc1. The molecule has 0 aromatic heterocycles. The zero-order valence-corrected chi connectivity index (χ0v) is 11.1. The van der Waals surface area contributed by atoms with Crippen molar-refractivity contribution < 1.29 is 0 Å². The molecule has 0 aliphatic heterocycles. The fourth-order valence-electron chi connectivity index (χ4n) is 2.56. The van der Waals surface area contributed by atoms with E-state index in [0.29, 0.717) is 5.84 Å². The number of hydrogen-bond donors (Lipinski definition) is 1. The van der Waals surface area contributed by atoms with Crippen molar-refractivity contribution in [2.24, 2.45) is 10.7 Å². The van der Waals surface area contributed by atoms with Crippen LogP contribution in [0.3, 0.4) is 0 Å². The predicted molar refractivity (Wildman–Crippen MR) is 78.6 cm³/mol. The number of amidine groups is 1. The van der Waals surface area contributed by atoms with Gasteiger partial charge in [0.15, 0.2) is 0 Å². The summed E-state index contributed by atoms with van der Waals surface area (Å²) < 4.78 is 0. The average Bonchev–Trinajstić information content (AvgIpc) is 2.40. The second-order valence-electron chi connectivity index (χ2n) is 5.09. The summed E-state index contributed by atoms with van der Waals surface area (Å²) in [5.74, 6) is 1.37. The van der Waals surface area contributed by atoms with Gasteiger partial charge in [0.05, 0.1) is 5.84 Å². The van der Waals surface area contributed by atoms with Gasteiger partial charge in [0.2, 0.25) is 0 Å². The number of rotatable bonds is 3. The van der Waals surface area contributed by atoms with Crippen LogP contribution in [0.1, 0.15) is 56.1 Å². The van der Waals surface area contributed by atoms with Gasteiger partial charge in [-0.1, -0.05) is 43.5 Å². The third-order valence-corrected chi connectivity index (χ3v) is 3.56. The van der Waals surface area contributed by atoms with Crippen LogP contribution in [0, 0.1) is 0 Å². The highest BCUT2D eigenvalue weighted by molar-refractivity contribution is 5.78. The van der Waals surface area contributed by atoms with Gasteiger partial charge in [0.25, 0.3) is 0 Å². The Morgan fingerprint density at radius 1 is 1.17 bits per heavy atom. The van der Waals surface area contributed by atoms with Crippen molar-refractivity contribution in [2.45, 2.75) is 44.9 Å². The van der Waals surface area contributed by atoms with E-state index >= 15 is 0 Å². The van der Waals surface area contributed by atoms with Crippen LogP contribution in [0.5, 0.6) is 0 Å². The molecule has 2 rings (SSSR count). The molecule has 1 aromatic carbocycles. The minimum Gasteiger partial charge on any atom is -0.387 e. The summed E-state index contributed by atoms with van der Waals surface area (Å²) in [4.78, 5) is 4.05. The van der Waals surface area contributed by atoms with Crippen LogP contribution in [-0.4, -0.2) is 5.84 Å². The Balaban J connectivity index is 2.00. The van der Waals surface area contributed by atoms with E-state index in [0.717, 1.165) is 5.92 Å². The summed E-state index contributed by atoms with van der Waals surface area (Å²) in [6, 6.07) is 8.85. The molecule has 2 nitrogen and oxygen atoms in total. The fraction of sp³-hybridized carbons (Fsp3) is 0.438. The maximum Gasteiger partial charge on any atom is 0.0957 e. The molecule has 1 aliphatic carbocycles. The Bertz CT molecular complexity index is 419. The lowest BCUT2D eigenvalue weighted by Crippen LogP contribution is -2.04. The van der Waals surface area contributed by atoms with Crippen LogP contribution in [0.2, 0.25) is 0 Å². The first kappa shape index (κ1) is 12.9. The average molecular weight is 242 g/mol. The highest BCUT2D eigenvalue weighted by atomic mass is 14.8. The van der Waals surface area contributed by atoms with Crippen molar-refractivity contribution in [3.63, 3.8) is 0 Å². The second-order valence-corrected chi connectivity index (χ2v) is 5.09. The van der Waals surface area contributed by atoms with Crippen molar-refractivity contribution >= 4 is 11.9 Å². The van der Waals surface area contributed by atoms with Gasteiger partial charge in [-0.25, -0.2) is 4.99 Å². The molecule has 1 saturated carbocycles. The van der Waals surface area contributed by atoms with Gasteiger partial charge in [-0.05, 0) is 42.9 Å². The monoisotopic (exact) mass is 242 g/mol. The van der Waals surface area contributed by atoms with E-state index in [4.69, 9.17) is 5.73 Å². The zero-order valence-electron chi connectivity index (χ0n) is 11.1. The molecule has 0 unspecified atom stereocenters. The molecular formula is C16H22N2. The topological polar surface area (TPSA) is 38.4 Å². The quantitative estimate of drug-likeness (QED) is 0.629. The molecule has 0 spiro atoms. The number of nitrogens with zero attached hydrogens (tertiary/aromatic N) is 1. The van der Waals surface area contributed by atoms with Gasteiger partial charge in [0.1, 0.15) is 0 Å². The van der Waals surface area contributed by atoms with Crippen LogP contribution < -0.4 is 5.73 Å². The molecule has 1 aliphatic rings. The summed E-state index contributed by atoms with van der Waals surface area (Å²) in [6.45, 7) is 1.79. The third kappa shape index (κ3) is 3.73. The largest absolute Gasteiger partial charge is 0.387 e. The first-order valence-corrected chi connectivity index (χ1v) is 6.82. The van der Waals surface area contributed by atoms with Gasteiger partial charge in [-0.3, -0.25) is 0 Å². The molecule has 0 atom stereocenters. The molecule has 0 bridgehead atoms. The number of aliphatic imine (C=N–C) groups is 1. The van der Waals surface area contributed by atoms with E-state index in [1.165, 1.54) is 43.2 Å². The Labute approximate surface area is 110 Å². The minimum atomic E-state index is 0.588. The van der Waals surface area contributed by atoms with Gasteiger partial charge < -0.3 is 5.73 Å². The lowest BCUT2D eigenvalue weighted by atomic mass is 9.84. The first-order valence-electron chi connectivity index (χ1n) is 6.82. The van der Waals surface area contributed by atoms with E-state index in [-0.39, 0.29) is 0 Å². The van der Waals surface area contributed by atoms with Crippen molar-refractivity contribution in [3.8, 4) is 0 Å². The summed E-state index contributed by atoms with van der Waals surface area (Å²) in [7, 11) is 0. The molecular weight excluding hydrogens is 220 g/mol. The van der Waals surface area contributed by atoms with E-state index in [9.17, 15) is 0 Å². The second kappa shape index (κ2) is 6.39. The third-order valence-electron chi connectivity index (χ3n) is 3.56. The number of hydrogen-bond acceptors (Lipinski definition) is 1. The summed E-state index contributed by atoms with van der Waals surface area (Å²) in [5, 5.41) is 0. The standard InChI is InChI=1S/C16H22N2/c1-13(17)18-12-11-14-7-9-16(10-8-14)15-5-3-2-4-6-15/h7-12,15H,2-6H2,1H3,(H2,17,18)/b12-11+. The Morgan fingerprint density at radius 2 is 1.83 bits per heavy atom. The van der Waals surface area contributed by atoms with Crippen molar-refractivity contribution in [3.05, 3.63) is 41.6 Å². The highest BCUT2D eigenvalue weighted by Gasteiger charge is 2.14. The smallest absolute Gasteiger partial charge is 0.0957 e. The number of nitrogens with two attached hydrogens (primary N) is 1. The Kier molecular flexibility index (Phi) is 4.57. The molecule has 2 N–H and O–H groups in total. The van der Waals surface area contributed by atoms with Crippen molar-refractivity contribution in [1.29, 1.82) is 0 Å². The van der Waals surface area contributed by atoms with Gasteiger partial charge >= 0.3 is 0 Å². The lowest BCUT2D eigenvalue weighted by Gasteiger charge is -2.21. The van der Waals surface area contributed by atoms with E-state index in [1.54, 1.807) is 13.1 Å². The van der Waals surface area contributed by atoms with E-state index in [1.807, 2.05) is 6.08 Å². The van der Waals surface area contributed by atoms with Crippen LogP contribution in [-0.2, 0) is 0 Å². The van der Waals surface area contributed by atoms with Gasteiger partial charge in [-0.2, -0.15) is 0 Å². The van der Waals surface area contributed by atoms with Gasteiger partial charge in [0, 0.05) is 6.20 Å². The highest BCUT2D eigenvalue weighted by Crippen LogP contribution is 2.32. The number of benzene rings is 1. The minimum absolute atomic E-state index is 0.588. The first-order chi connectivity index (χ1) is 8.75. The zero-order chi connectivity index (χ0) is 12.8. The molecule has 1 fully saturated rings. The molecule has 18 heavy (non-hydrogen) atoms. The molecule has 0 radical (unpaired) electrons. The Morgan fingerprint density at radius 3 is 2.44 bits per heavy atom. The summed E-state index contributed by atoms with van der Waals surface area (Å²) in [6.07, 6.45) is 10.6. The molecule has 0 saturated heterocycles. The van der Waals surface area contributed by atoms with Crippen LogP contribution in [0.15, 0.2) is 35.5 Å². The Hall–Kier alpha value is -1.57. The summed E-state index contributed by atoms with van der Waals surface area (Å²) >= 11 is 0. The van der Waals surface area contributed by atoms with Crippen molar-refractivity contribution in [2.75, 3.05) is 0 Å². The van der Waals surface area contributed by atoms with Crippen LogP contribution >= 0.6 is 0 Å². The molecule has 0 amide bonds. The summed E-state index contributed by atoms with van der Waals surface area (Å²) in [5.41, 5.74) is 8.15. The fourth-order valence-corrected chi connectivity index (χ4v) is 2.56. The normalized spacial score (nSPS) is 18.4. The molecule has 96 valence electrons. The maximum absolute atomic E-state index is 5.48. The molecule has 0 heterocycles. The predicted octanol–water partition coefficient (Wildman–Crippen LogP) is 4.08. The molecule has 2 heteroatoms. The van der Waals surface area contributed by atoms with Crippen LogP contribution in [0.25, 0.3) is 6.08 Å².